The fourth-order valence-electron chi connectivity index (χ4n) is 3.00. The number of methoxy groups -OCH3 is 1. The van der Waals surface area contributed by atoms with Crippen molar-refractivity contribution in [3.63, 3.8) is 0 Å². The Labute approximate surface area is 200 Å². The van der Waals surface area contributed by atoms with Gasteiger partial charge in [0, 0.05) is 22.8 Å². The van der Waals surface area contributed by atoms with Gasteiger partial charge in [-0.3, -0.25) is 9.59 Å². The molecule has 3 rings (SSSR count). The molecule has 0 saturated heterocycles. The Morgan fingerprint density at radius 2 is 1.85 bits per heavy atom. The van der Waals surface area contributed by atoms with Gasteiger partial charge < -0.3 is 25.0 Å². The number of benzene rings is 2. The number of halogens is 1. The number of amides is 2. The molecule has 0 aliphatic carbocycles. The molecule has 3 aromatic rings. The summed E-state index contributed by atoms with van der Waals surface area (Å²) < 4.78 is 6.86. The lowest BCUT2D eigenvalue weighted by molar-refractivity contribution is -0.113. The summed E-state index contributed by atoms with van der Waals surface area (Å²) in [6.07, 6.45) is 0. The highest BCUT2D eigenvalue weighted by Crippen LogP contribution is 2.22. The fraction of sp³-hybridized carbons (Fsp3) is 0.273. The van der Waals surface area contributed by atoms with E-state index in [1.165, 1.54) is 11.8 Å². The highest BCUT2D eigenvalue weighted by Gasteiger charge is 2.23. The van der Waals surface area contributed by atoms with Crippen LogP contribution in [0.1, 0.15) is 29.1 Å². The highest BCUT2D eigenvalue weighted by molar-refractivity contribution is 7.99. The van der Waals surface area contributed by atoms with Crippen molar-refractivity contribution in [3.05, 3.63) is 64.9 Å². The molecule has 0 radical (unpaired) electrons. The van der Waals surface area contributed by atoms with Gasteiger partial charge in [0.25, 0.3) is 5.91 Å². The molecule has 3 N–H and O–H groups in total. The maximum atomic E-state index is 12.6. The van der Waals surface area contributed by atoms with E-state index in [1.807, 2.05) is 6.92 Å². The maximum absolute atomic E-state index is 12.6. The van der Waals surface area contributed by atoms with Crippen LogP contribution in [-0.4, -0.2) is 51.2 Å². The Morgan fingerprint density at radius 1 is 1.15 bits per heavy atom. The van der Waals surface area contributed by atoms with Gasteiger partial charge in [-0.15, -0.1) is 10.2 Å². The average Bonchev–Trinajstić information content (AvgIpc) is 3.25. The first-order valence-electron chi connectivity index (χ1n) is 10.1. The summed E-state index contributed by atoms with van der Waals surface area (Å²) in [6, 6.07) is 12.7. The SMILES string of the molecule is CCn1c(SCC(=O)Nc2ccc(Cl)cc2)nnc1C(CO)NC(=O)c1ccc(OC)cc1. The number of aliphatic hydroxyl groups excluding tert-OH is 1. The number of ether oxygens (including phenoxy) is 1. The third-order valence-electron chi connectivity index (χ3n) is 4.67. The second-order valence-electron chi connectivity index (χ2n) is 6.87. The minimum Gasteiger partial charge on any atom is -0.497 e. The number of aromatic nitrogens is 3. The van der Waals surface area contributed by atoms with E-state index in [9.17, 15) is 14.7 Å². The van der Waals surface area contributed by atoms with Crippen molar-refractivity contribution in [1.29, 1.82) is 0 Å². The molecule has 0 bridgehead atoms. The van der Waals surface area contributed by atoms with Gasteiger partial charge >= 0.3 is 0 Å². The predicted octanol–water partition coefficient (Wildman–Crippen LogP) is 3.15. The molecular formula is C22H24ClN5O4S. The normalized spacial score (nSPS) is 11.6. The minimum absolute atomic E-state index is 0.114. The number of rotatable bonds is 10. The van der Waals surface area contributed by atoms with Crippen LogP contribution < -0.4 is 15.4 Å². The molecule has 33 heavy (non-hydrogen) atoms. The summed E-state index contributed by atoms with van der Waals surface area (Å²) in [7, 11) is 1.55. The smallest absolute Gasteiger partial charge is 0.251 e. The van der Waals surface area contributed by atoms with E-state index >= 15 is 0 Å². The molecular weight excluding hydrogens is 466 g/mol. The van der Waals surface area contributed by atoms with E-state index in [1.54, 1.807) is 60.2 Å². The van der Waals surface area contributed by atoms with Crippen molar-refractivity contribution < 1.29 is 19.4 Å². The summed E-state index contributed by atoms with van der Waals surface area (Å²) in [5.41, 5.74) is 1.06. The monoisotopic (exact) mass is 489 g/mol. The second kappa shape index (κ2) is 11.7. The van der Waals surface area contributed by atoms with Gasteiger partial charge in [0.05, 0.1) is 19.5 Å². The third-order valence-corrected chi connectivity index (χ3v) is 5.89. The average molecular weight is 490 g/mol. The topological polar surface area (TPSA) is 118 Å². The quantitative estimate of drug-likeness (QED) is 0.374. The number of nitrogens with zero attached hydrogens (tertiary/aromatic N) is 3. The van der Waals surface area contributed by atoms with Crippen LogP contribution in [0.4, 0.5) is 5.69 Å². The summed E-state index contributed by atoms with van der Waals surface area (Å²) in [4.78, 5) is 24.9. The zero-order chi connectivity index (χ0) is 23.8. The number of nitrogens with one attached hydrogen (secondary N) is 2. The van der Waals surface area contributed by atoms with Gasteiger partial charge in [0.1, 0.15) is 11.8 Å². The number of thioether (sulfide) groups is 1. The van der Waals surface area contributed by atoms with Crippen molar-refractivity contribution in [2.45, 2.75) is 24.7 Å². The van der Waals surface area contributed by atoms with E-state index in [0.717, 1.165) is 0 Å². The number of carbonyl (C=O) groups excluding carboxylic acids is 2. The molecule has 1 unspecified atom stereocenters. The second-order valence-corrected chi connectivity index (χ2v) is 8.24. The third kappa shape index (κ3) is 6.47. The van der Waals surface area contributed by atoms with Gasteiger partial charge in [-0.2, -0.15) is 0 Å². The van der Waals surface area contributed by atoms with Gasteiger partial charge in [0.15, 0.2) is 11.0 Å². The van der Waals surface area contributed by atoms with E-state index < -0.39 is 6.04 Å². The lowest BCUT2D eigenvalue weighted by Gasteiger charge is -2.17. The van der Waals surface area contributed by atoms with Crippen molar-refractivity contribution in [2.75, 3.05) is 24.8 Å². The molecule has 174 valence electrons. The number of hydrogen-bond acceptors (Lipinski definition) is 7. The van der Waals surface area contributed by atoms with Crippen LogP contribution in [-0.2, 0) is 11.3 Å². The van der Waals surface area contributed by atoms with E-state index in [-0.39, 0.29) is 24.2 Å². The van der Waals surface area contributed by atoms with Crippen LogP contribution in [0.3, 0.4) is 0 Å². The lowest BCUT2D eigenvalue weighted by atomic mass is 10.2. The van der Waals surface area contributed by atoms with E-state index in [4.69, 9.17) is 16.3 Å². The molecule has 0 aliphatic heterocycles. The molecule has 1 heterocycles. The molecule has 1 aromatic heterocycles. The fourth-order valence-corrected chi connectivity index (χ4v) is 3.93. The van der Waals surface area contributed by atoms with Crippen LogP contribution in [0, 0.1) is 0 Å². The molecule has 9 nitrogen and oxygen atoms in total. The number of carbonyl (C=O) groups is 2. The molecule has 0 fully saturated rings. The van der Waals surface area contributed by atoms with E-state index in [0.29, 0.717) is 39.5 Å². The maximum Gasteiger partial charge on any atom is 0.251 e. The molecule has 0 aliphatic rings. The van der Waals surface area contributed by atoms with Gasteiger partial charge in [-0.25, -0.2) is 0 Å². The Hall–Kier alpha value is -3.08. The van der Waals surface area contributed by atoms with Crippen LogP contribution in [0.2, 0.25) is 5.02 Å². The van der Waals surface area contributed by atoms with Crippen molar-refractivity contribution in [2.24, 2.45) is 0 Å². The van der Waals surface area contributed by atoms with Crippen LogP contribution in [0.15, 0.2) is 53.7 Å². The minimum atomic E-state index is -0.760. The summed E-state index contributed by atoms with van der Waals surface area (Å²) in [5.74, 6) is 0.586. The zero-order valence-corrected chi connectivity index (χ0v) is 19.7. The van der Waals surface area contributed by atoms with Crippen molar-refractivity contribution >= 4 is 40.9 Å². The molecule has 2 amide bonds. The zero-order valence-electron chi connectivity index (χ0n) is 18.1. The highest BCUT2D eigenvalue weighted by atomic mass is 35.5. The van der Waals surface area contributed by atoms with Crippen molar-refractivity contribution in [3.8, 4) is 5.75 Å². The largest absolute Gasteiger partial charge is 0.497 e. The molecule has 0 saturated carbocycles. The Balaban J connectivity index is 1.65. The first kappa shape index (κ1) is 24.6. The Morgan fingerprint density at radius 3 is 2.45 bits per heavy atom. The van der Waals surface area contributed by atoms with Crippen LogP contribution in [0.25, 0.3) is 0 Å². The Bertz CT molecular complexity index is 1090. The van der Waals surface area contributed by atoms with Crippen molar-refractivity contribution in [1.82, 2.24) is 20.1 Å². The molecule has 1 atom stereocenters. The van der Waals surface area contributed by atoms with Crippen LogP contribution in [0.5, 0.6) is 5.75 Å². The molecule has 11 heteroatoms. The predicted molar refractivity (Wildman–Crippen MR) is 127 cm³/mol. The summed E-state index contributed by atoms with van der Waals surface area (Å²) in [5, 5.41) is 24.9. The lowest BCUT2D eigenvalue weighted by Crippen LogP contribution is -2.32. The van der Waals surface area contributed by atoms with Gasteiger partial charge in [0.2, 0.25) is 5.91 Å². The Kier molecular flexibility index (Phi) is 8.70. The summed E-state index contributed by atoms with van der Waals surface area (Å²) in [6.45, 7) is 2.03. The molecule has 2 aromatic carbocycles. The van der Waals surface area contributed by atoms with Gasteiger partial charge in [-0.05, 0) is 55.5 Å². The first-order chi connectivity index (χ1) is 15.9. The van der Waals surface area contributed by atoms with Crippen LogP contribution >= 0.6 is 23.4 Å². The van der Waals surface area contributed by atoms with Gasteiger partial charge in [-0.1, -0.05) is 23.4 Å². The number of hydrogen-bond donors (Lipinski definition) is 3. The van der Waals surface area contributed by atoms with E-state index in [2.05, 4.69) is 20.8 Å². The first-order valence-corrected chi connectivity index (χ1v) is 11.5. The standard InChI is InChI=1S/C22H24ClN5O4S/c1-3-28-20(18(12-29)25-21(31)14-4-10-17(32-2)11-5-14)26-27-22(28)33-13-19(30)24-16-8-6-15(23)7-9-16/h4-11,18,29H,3,12-13H2,1-2H3,(H,24,30)(H,25,31). The number of anilines is 1. The number of aliphatic hydroxyl groups is 1. The summed E-state index contributed by atoms with van der Waals surface area (Å²) >= 11 is 7.07. The molecule has 0 spiro atoms.